The second-order valence-electron chi connectivity index (χ2n) is 5.54. The first kappa shape index (κ1) is 17.1. The number of aliphatic hydroxyl groups excluding tert-OH is 1. The van der Waals surface area contributed by atoms with Gasteiger partial charge in [-0.3, -0.25) is 4.90 Å². The third-order valence-corrected chi connectivity index (χ3v) is 3.97. The van der Waals surface area contributed by atoms with Crippen molar-refractivity contribution >= 4 is 17.6 Å². The van der Waals surface area contributed by atoms with Crippen LogP contribution in [0.5, 0.6) is 0 Å². The molecule has 0 radical (unpaired) electrons. The van der Waals surface area contributed by atoms with Gasteiger partial charge in [0.05, 0.1) is 26.4 Å². The summed E-state index contributed by atoms with van der Waals surface area (Å²) in [7, 11) is 0. The first-order valence-corrected chi connectivity index (χ1v) is 8.06. The number of amides is 1. The van der Waals surface area contributed by atoms with Crippen LogP contribution in [0.1, 0.15) is 0 Å². The van der Waals surface area contributed by atoms with Crippen molar-refractivity contribution in [1.82, 2.24) is 9.97 Å². The van der Waals surface area contributed by atoms with Gasteiger partial charge in [-0.15, -0.1) is 0 Å². The molecule has 0 bridgehead atoms. The van der Waals surface area contributed by atoms with E-state index in [4.69, 9.17) is 9.84 Å². The van der Waals surface area contributed by atoms with E-state index >= 15 is 0 Å². The summed E-state index contributed by atoms with van der Waals surface area (Å²) in [5.74, 6) is 1.43. The molecule has 8 nitrogen and oxygen atoms in total. The molecule has 132 valence electrons. The summed E-state index contributed by atoms with van der Waals surface area (Å²) in [6, 6.07) is 8.80. The topological polar surface area (TPSA) is 99.0 Å². The van der Waals surface area contributed by atoms with Crippen LogP contribution in [0.2, 0.25) is 0 Å². The fourth-order valence-electron chi connectivity index (χ4n) is 2.68. The monoisotopic (exact) mass is 344 g/mol. The lowest BCUT2D eigenvalue weighted by atomic mass is 10.2. The van der Waals surface area contributed by atoms with Crippen molar-refractivity contribution in [2.45, 2.75) is 0 Å². The number of ether oxygens (including phenoxy) is 1. The number of rotatable bonds is 5. The fourth-order valence-corrected chi connectivity index (χ4v) is 2.68. The molecule has 1 aliphatic heterocycles. The van der Waals surface area contributed by atoms with Crippen molar-refractivity contribution in [1.29, 1.82) is 0 Å². The molecule has 2 heterocycles. The van der Waals surface area contributed by atoms with Gasteiger partial charge < -0.3 is 19.8 Å². The molecule has 3 rings (SSSR count). The Labute approximate surface area is 145 Å². The summed E-state index contributed by atoms with van der Waals surface area (Å²) >= 11 is 0. The number of benzene rings is 1. The van der Waals surface area contributed by atoms with Crippen LogP contribution >= 0.6 is 0 Å². The van der Waals surface area contributed by atoms with Crippen LogP contribution in [0.25, 0.3) is 11.4 Å². The predicted octanol–water partition coefficient (Wildman–Crippen LogP) is 1.46. The van der Waals surface area contributed by atoms with Crippen LogP contribution in [0.3, 0.4) is 0 Å². The van der Waals surface area contributed by atoms with Crippen molar-refractivity contribution in [3.8, 4) is 11.4 Å². The van der Waals surface area contributed by atoms with E-state index in [1.807, 2.05) is 6.07 Å². The van der Waals surface area contributed by atoms with Crippen molar-refractivity contribution in [3.05, 3.63) is 36.5 Å². The minimum Gasteiger partial charge on any atom is -0.465 e. The fraction of sp³-hybridized carbons (Fsp3) is 0.353. The van der Waals surface area contributed by atoms with E-state index in [0.717, 1.165) is 29.4 Å². The number of aliphatic hydroxyl groups is 1. The van der Waals surface area contributed by atoms with Gasteiger partial charge in [-0.05, 0) is 30.3 Å². The first-order valence-electron chi connectivity index (χ1n) is 8.06. The van der Waals surface area contributed by atoms with Crippen LogP contribution < -0.4 is 9.80 Å². The Balaban J connectivity index is 1.81. The summed E-state index contributed by atoms with van der Waals surface area (Å²) in [6.07, 6.45) is 0.614. The Morgan fingerprint density at radius 3 is 2.56 bits per heavy atom. The van der Waals surface area contributed by atoms with Crippen LogP contribution in [0.15, 0.2) is 36.5 Å². The van der Waals surface area contributed by atoms with E-state index in [2.05, 4.69) is 14.9 Å². The maximum Gasteiger partial charge on any atom is 0.411 e. The highest BCUT2D eigenvalue weighted by molar-refractivity contribution is 5.86. The second kappa shape index (κ2) is 7.91. The van der Waals surface area contributed by atoms with Crippen molar-refractivity contribution < 1.29 is 19.7 Å². The normalized spacial score (nSPS) is 14.4. The zero-order valence-corrected chi connectivity index (χ0v) is 13.7. The van der Waals surface area contributed by atoms with Gasteiger partial charge in [-0.1, -0.05) is 0 Å². The molecule has 1 fully saturated rings. The minimum atomic E-state index is -1.10. The molecule has 25 heavy (non-hydrogen) atoms. The number of aromatic nitrogens is 2. The summed E-state index contributed by atoms with van der Waals surface area (Å²) in [6.45, 7) is 2.75. The van der Waals surface area contributed by atoms with E-state index in [-0.39, 0.29) is 13.2 Å². The summed E-state index contributed by atoms with van der Waals surface area (Å²) in [5.41, 5.74) is 1.29. The Bertz CT molecular complexity index is 717. The number of morpholine rings is 1. The summed E-state index contributed by atoms with van der Waals surface area (Å²) in [5, 5.41) is 18.2. The van der Waals surface area contributed by atoms with Crippen molar-refractivity contribution in [2.75, 3.05) is 49.3 Å². The van der Waals surface area contributed by atoms with Gasteiger partial charge in [0.1, 0.15) is 5.82 Å². The summed E-state index contributed by atoms with van der Waals surface area (Å²) in [4.78, 5) is 23.4. The quantitative estimate of drug-likeness (QED) is 0.847. The molecule has 0 aliphatic carbocycles. The lowest BCUT2D eigenvalue weighted by Crippen LogP contribution is -2.36. The van der Waals surface area contributed by atoms with Gasteiger partial charge in [0.2, 0.25) is 0 Å². The predicted molar refractivity (Wildman–Crippen MR) is 93.0 cm³/mol. The van der Waals surface area contributed by atoms with Gasteiger partial charge in [0.25, 0.3) is 0 Å². The third-order valence-electron chi connectivity index (χ3n) is 3.97. The van der Waals surface area contributed by atoms with Crippen molar-refractivity contribution in [3.63, 3.8) is 0 Å². The number of hydrogen-bond donors (Lipinski definition) is 2. The molecular formula is C17H20N4O4. The molecule has 1 aromatic carbocycles. The minimum absolute atomic E-state index is 0.0255. The van der Waals surface area contributed by atoms with Gasteiger partial charge >= 0.3 is 6.09 Å². The van der Waals surface area contributed by atoms with Crippen LogP contribution in [-0.4, -0.2) is 65.7 Å². The largest absolute Gasteiger partial charge is 0.465 e. The molecule has 2 N–H and O–H groups in total. The maximum atomic E-state index is 11.2. The Kier molecular flexibility index (Phi) is 5.42. The Hall–Kier alpha value is -2.71. The number of hydrogen-bond acceptors (Lipinski definition) is 6. The first-order chi connectivity index (χ1) is 12.2. The lowest BCUT2D eigenvalue weighted by molar-refractivity contribution is 0.122. The molecule has 1 saturated heterocycles. The van der Waals surface area contributed by atoms with Crippen LogP contribution in [0.4, 0.5) is 16.3 Å². The Morgan fingerprint density at radius 2 is 1.92 bits per heavy atom. The lowest BCUT2D eigenvalue weighted by Gasteiger charge is -2.27. The second-order valence-corrected chi connectivity index (χ2v) is 5.54. The summed E-state index contributed by atoms with van der Waals surface area (Å²) < 4.78 is 5.36. The molecule has 0 atom stereocenters. The zero-order valence-electron chi connectivity index (χ0n) is 13.7. The average Bonchev–Trinajstić information content (AvgIpc) is 2.67. The standard InChI is InChI=1S/C17H20N4O4/c22-10-7-21(17(23)24)14-3-1-13(2-4-14)16-18-6-5-15(19-16)20-8-11-25-12-9-20/h1-6,22H,7-12H2,(H,23,24). The van der Waals surface area contributed by atoms with Gasteiger partial charge in [0, 0.05) is 30.5 Å². The smallest absolute Gasteiger partial charge is 0.411 e. The van der Waals surface area contributed by atoms with Crippen LogP contribution in [-0.2, 0) is 4.74 Å². The van der Waals surface area contributed by atoms with Gasteiger partial charge in [0.15, 0.2) is 5.82 Å². The van der Waals surface area contributed by atoms with Crippen LogP contribution in [0, 0.1) is 0 Å². The molecule has 1 aliphatic rings. The molecule has 0 unspecified atom stereocenters. The SMILES string of the molecule is O=C(O)N(CCO)c1ccc(-c2nccc(N3CCOCC3)n2)cc1. The molecule has 1 aromatic heterocycles. The van der Waals surface area contributed by atoms with E-state index in [9.17, 15) is 9.90 Å². The number of carboxylic acid groups (broad SMARTS) is 1. The molecule has 8 heteroatoms. The zero-order chi connectivity index (χ0) is 17.6. The highest BCUT2D eigenvalue weighted by Gasteiger charge is 2.15. The molecule has 0 spiro atoms. The van der Waals surface area contributed by atoms with Crippen molar-refractivity contribution in [2.24, 2.45) is 0 Å². The molecule has 2 aromatic rings. The molecule has 1 amide bonds. The van der Waals surface area contributed by atoms with E-state index in [1.54, 1.807) is 30.5 Å². The van der Waals surface area contributed by atoms with E-state index in [0.29, 0.717) is 24.7 Å². The third kappa shape index (κ3) is 4.04. The average molecular weight is 344 g/mol. The van der Waals surface area contributed by atoms with E-state index in [1.165, 1.54) is 0 Å². The molecule has 0 saturated carbocycles. The van der Waals surface area contributed by atoms with E-state index < -0.39 is 6.09 Å². The highest BCUT2D eigenvalue weighted by atomic mass is 16.5. The van der Waals surface area contributed by atoms with Gasteiger partial charge in [-0.25, -0.2) is 14.8 Å². The Morgan fingerprint density at radius 1 is 1.20 bits per heavy atom. The maximum absolute atomic E-state index is 11.2. The number of carbonyl (C=O) groups is 1. The number of nitrogens with zero attached hydrogens (tertiary/aromatic N) is 4. The molecular weight excluding hydrogens is 324 g/mol. The highest BCUT2D eigenvalue weighted by Crippen LogP contribution is 2.22. The number of anilines is 2. The van der Waals surface area contributed by atoms with Gasteiger partial charge in [-0.2, -0.15) is 0 Å².